The molecule has 0 atom stereocenters. The van der Waals surface area contributed by atoms with Gasteiger partial charge >= 0.3 is 0 Å². The second-order valence-electron chi connectivity index (χ2n) is 9.91. The highest BCUT2D eigenvalue weighted by Crippen LogP contribution is 2.38. The summed E-state index contributed by atoms with van der Waals surface area (Å²) in [5.74, 6) is -0.279. The summed E-state index contributed by atoms with van der Waals surface area (Å²) in [5.41, 5.74) is 4.94. The Hall–Kier alpha value is -3.89. The van der Waals surface area contributed by atoms with Crippen LogP contribution in [-0.2, 0) is 14.8 Å². The molecule has 0 bridgehead atoms. The summed E-state index contributed by atoms with van der Waals surface area (Å²) in [4.78, 5) is 28.1. The lowest BCUT2D eigenvalue weighted by atomic mass is 9.96. The molecule has 1 saturated heterocycles. The standard InChI is InChI=1S/C28H31N5O4S/c1-32-14-12-18(13-15-32)27(34)29-20-9-11-23-25(17-20)30-24-16-19(8-10-22(24)28(35)31-23)21-6-4-5-7-26(21)33(2)38(3,36)37/h4-11,16-18,30H,12-15H2,1-3H3,(H,29,34)(H,31,35). The topological polar surface area (TPSA) is 111 Å². The number of hydrogen-bond acceptors (Lipinski definition) is 6. The van der Waals surface area contributed by atoms with E-state index in [-0.39, 0.29) is 17.7 Å². The van der Waals surface area contributed by atoms with E-state index >= 15 is 0 Å². The number of piperidine rings is 1. The van der Waals surface area contributed by atoms with E-state index in [4.69, 9.17) is 0 Å². The third kappa shape index (κ3) is 5.23. The fourth-order valence-corrected chi connectivity index (χ4v) is 5.38. The van der Waals surface area contributed by atoms with Crippen LogP contribution in [0, 0.1) is 5.92 Å². The molecule has 0 aromatic heterocycles. The minimum absolute atomic E-state index is 0.00463. The summed E-state index contributed by atoms with van der Waals surface area (Å²) < 4.78 is 25.7. The lowest BCUT2D eigenvalue weighted by molar-refractivity contribution is -0.121. The fourth-order valence-electron chi connectivity index (χ4n) is 4.87. The van der Waals surface area contributed by atoms with Crippen LogP contribution >= 0.6 is 0 Å². The van der Waals surface area contributed by atoms with Crippen molar-refractivity contribution in [2.45, 2.75) is 12.8 Å². The van der Waals surface area contributed by atoms with Crippen molar-refractivity contribution in [3.8, 4) is 11.1 Å². The molecule has 38 heavy (non-hydrogen) atoms. The highest BCUT2D eigenvalue weighted by atomic mass is 32.2. The minimum Gasteiger partial charge on any atom is -0.353 e. The van der Waals surface area contributed by atoms with Crippen LogP contribution in [0.4, 0.5) is 28.4 Å². The van der Waals surface area contributed by atoms with Crippen molar-refractivity contribution in [3.63, 3.8) is 0 Å². The van der Waals surface area contributed by atoms with Crippen molar-refractivity contribution >= 4 is 50.3 Å². The molecule has 0 aliphatic carbocycles. The molecule has 3 N–H and O–H groups in total. The van der Waals surface area contributed by atoms with Gasteiger partial charge in [-0.3, -0.25) is 13.9 Å². The molecule has 0 spiro atoms. The smallest absolute Gasteiger partial charge is 0.257 e. The number of amides is 2. The van der Waals surface area contributed by atoms with E-state index in [1.54, 1.807) is 36.4 Å². The van der Waals surface area contributed by atoms with E-state index in [1.165, 1.54) is 11.4 Å². The number of sulfonamides is 1. The first kappa shape index (κ1) is 25.7. The molecule has 2 amide bonds. The van der Waals surface area contributed by atoms with Crippen molar-refractivity contribution in [2.24, 2.45) is 5.92 Å². The molecule has 1 fully saturated rings. The van der Waals surface area contributed by atoms with Crippen LogP contribution in [0.3, 0.4) is 0 Å². The Morgan fingerprint density at radius 3 is 2.42 bits per heavy atom. The van der Waals surface area contributed by atoms with Crippen LogP contribution < -0.4 is 20.3 Å². The Morgan fingerprint density at radius 1 is 0.947 bits per heavy atom. The van der Waals surface area contributed by atoms with Crippen molar-refractivity contribution in [3.05, 3.63) is 66.2 Å². The average Bonchev–Trinajstić information content (AvgIpc) is 3.03. The van der Waals surface area contributed by atoms with Crippen molar-refractivity contribution in [2.75, 3.05) is 53.7 Å². The molecular formula is C28H31N5O4S. The normalized spacial score (nSPS) is 15.9. The molecule has 0 unspecified atom stereocenters. The van der Waals surface area contributed by atoms with Gasteiger partial charge in [-0.25, -0.2) is 8.42 Å². The van der Waals surface area contributed by atoms with Crippen LogP contribution in [0.15, 0.2) is 60.7 Å². The van der Waals surface area contributed by atoms with E-state index in [0.717, 1.165) is 37.8 Å². The number of rotatable bonds is 5. The van der Waals surface area contributed by atoms with Crippen molar-refractivity contribution in [1.29, 1.82) is 0 Å². The zero-order chi connectivity index (χ0) is 27.0. The van der Waals surface area contributed by atoms with Crippen molar-refractivity contribution < 1.29 is 18.0 Å². The van der Waals surface area contributed by atoms with Gasteiger partial charge in [-0.2, -0.15) is 0 Å². The molecule has 0 radical (unpaired) electrons. The van der Waals surface area contributed by atoms with Gasteiger partial charge in [0.05, 0.1) is 34.6 Å². The molecule has 9 nitrogen and oxygen atoms in total. The number of likely N-dealkylation sites (tertiary alicyclic amines) is 1. The van der Waals surface area contributed by atoms with Gasteiger partial charge in [0, 0.05) is 24.2 Å². The minimum atomic E-state index is -3.47. The van der Waals surface area contributed by atoms with Crippen LogP contribution in [-0.4, -0.2) is 58.6 Å². The Morgan fingerprint density at radius 2 is 1.68 bits per heavy atom. The van der Waals surface area contributed by atoms with E-state index in [1.807, 2.05) is 24.3 Å². The fraction of sp³-hybridized carbons (Fsp3) is 0.286. The summed E-state index contributed by atoms with van der Waals surface area (Å²) in [6.07, 6.45) is 2.81. The molecule has 2 aliphatic rings. The molecule has 3 aromatic rings. The Kier molecular flexibility index (Phi) is 6.85. The maximum absolute atomic E-state index is 13.0. The second-order valence-corrected chi connectivity index (χ2v) is 11.9. The van der Waals surface area contributed by atoms with Gasteiger partial charge in [-0.15, -0.1) is 0 Å². The van der Waals surface area contributed by atoms with Gasteiger partial charge in [-0.05, 0) is 74.9 Å². The average molecular weight is 534 g/mol. The molecule has 2 heterocycles. The lowest BCUT2D eigenvalue weighted by Gasteiger charge is -2.28. The van der Waals surface area contributed by atoms with E-state index in [9.17, 15) is 18.0 Å². The van der Waals surface area contributed by atoms with Gasteiger partial charge < -0.3 is 20.9 Å². The highest BCUT2D eigenvalue weighted by Gasteiger charge is 2.25. The monoisotopic (exact) mass is 533 g/mol. The molecule has 10 heteroatoms. The van der Waals surface area contributed by atoms with E-state index in [2.05, 4.69) is 27.9 Å². The summed E-state index contributed by atoms with van der Waals surface area (Å²) in [6.45, 7) is 1.80. The predicted molar refractivity (Wildman–Crippen MR) is 152 cm³/mol. The number of carbonyl (C=O) groups is 2. The zero-order valence-electron chi connectivity index (χ0n) is 21.6. The van der Waals surface area contributed by atoms with Gasteiger partial charge in [0.25, 0.3) is 5.91 Å². The first-order chi connectivity index (χ1) is 18.1. The van der Waals surface area contributed by atoms with Gasteiger partial charge in [-0.1, -0.05) is 24.3 Å². The van der Waals surface area contributed by atoms with Gasteiger partial charge in [0.1, 0.15) is 0 Å². The lowest BCUT2D eigenvalue weighted by Crippen LogP contribution is -2.35. The van der Waals surface area contributed by atoms with Crippen LogP contribution in [0.25, 0.3) is 11.1 Å². The number of hydrogen-bond donors (Lipinski definition) is 3. The van der Waals surface area contributed by atoms with Crippen LogP contribution in [0.5, 0.6) is 0 Å². The second kappa shape index (κ2) is 10.1. The predicted octanol–water partition coefficient (Wildman–Crippen LogP) is 4.34. The molecule has 2 aliphatic heterocycles. The molecule has 5 rings (SSSR count). The number of benzene rings is 3. The Balaban J connectivity index is 1.45. The van der Waals surface area contributed by atoms with E-state index in [0.29, 0.717) is 39.6 Å². The SMILES string of the molecule is CN1CCC(C(=O)Nc2ccc3c(c2)Nc2cc(-c4ccccc4N(C)S(C)(=O)=O)ccc2C(=O)N3)CC1. The largest absolute Gasteiger partial charge is 0.353 e. The van der Waals surface area contributed by atoms with E-state index < -0.39 is 10.0 Å². The number of carbonyl (C=O) groups excluding carboxylic acids is 2. The number of nitrogens with zero attached hydrogens (tertiary/aromatic N) is 2. The molecule has 0 saturated carbocycles. The molecule has 3 aromatic carbocycles. The highest BCUT2D eigenvalue weighted by molar-refractivity contribution is 7.92. The number of fused-ring (bicyclic) bond motifs is 2. The summed E-state index contributed by atoms with van der Waals surface area (Å²) in [5, 5.41) is 9.31. The quantitative estimate of drug-likeness (QED) is 0.450. The number of anilines is 5. The van der Waals surface area contributed by atoms with Crippen LogP contribution in [0.2, 0.25) is 0 Å². The summed E-state index contributed by atoms with van der Waals surface area (Å²) in [6, 6.07) is 18.0. The molecule has 198 valence electrons. The first-order valence-corrected chi connectivity index (χ1v) is 14.3. The number of para-hydroxylation sites is 1. The third-order valence-corrected chi connectivity index (χ3v) is 8.40. The molecular weight excluding hydrogens is 502 g/mol. The van der Waals surface area contributed by atoms with Crippen molar-refractivity contribution in [1.82, 2.24) is 4.90 Å². The summed E-state index contributed by atoms with van der Waals surface area (Å²) >= 11 is 0. The number of nitrogens with one attached hydrogen (secondary N) is 3. The Bertz CT molecular complexity index is 1510. The maximum Gasteiger partial charge on any atom is 0.257 e. The van der Waals surface area contributed by atoms with Gasteiger partial charge in [0.15, 0.2) is 0 Å². The summed E-state index contributed by atoms with van der Waals surface area (Å²) in [7, 11) is 0.109. The Labute approximate surface area is 222 Å². The third-order valence-electron chi connectivity index (χ3n) is 7.21. The van der Waals surface area contributed by atoms with Crippen LogP contribution in [0.1, 0.15) is 23.2 Å². The maximum atomic E-state index is 13.0. The zero-order valence-corrected chi connectivity index (χ0v) is 22.4. The first-order valence-electron chi connectivity index (χ1n) is 12.5. The van der Waals surface area contributed by atoms with Gasteiger partial charge in [0.2, 0.25) is 15.9 Å².